The van der Waals surface area contributed by atoms with Crippen molar-refractivity contribution in [2.24, 2.45) is 0 Å². The predicted octanol–water partition coefficient (Wildman–Crippen LogP) is 2.85. The molecule has 0 atom stereocenters. The number of hydrogen-bond donors (Lipinski definition) is 2. The van der Waals surface area contributed by atoms with Crippen LogP contribution in [0.5, 0.6) is 0 Å². The van der Waals surface area contributed by atoms with E-state index >= 15 is 0 Å². The number of hydrogen-bond acceptors (Lipinski definition) is 6. The Morgan fingerprint density at radius 2 is 2.10 bits per heavy atom. The van der Waals surface area contributed by atoms with Gasteiger partial charge < -0.3 is 5.32 Å². The Bertz CT molecular complexity index is 689. The van der Waals surface area contributed by atoms with Gasteiger partial charge in [0, 0.05) is 22.8 Å². The van der Waals surface area contributed by atoms with Gasteiger partial charge in [0.2, 0.25) is 0 Å². The molecule has 0 saturated carbocycles. The van der Waals surface area contributed by atoms with E-state index in [4.69, 9.17) is 0 Å². The molecule has 116 valence electrons. The van der Waals surface area contributed by atoms with Gasteiger partial charge in [0.15, 0.2) is 5.13 Å². The van der Waals surface area contributed by atoms with Gasteiger partial charge in [-0.05, 0) is 25.5 Å². The summed E-state index contributed by atoms with van der Waals surface area (Å²) >= 11 is 2.59. The smallest absolute Gasteiger partial charge is 0.273 e. The number of thiophene rings is 1. The van der Waals surface area contributed by atoms with Crippen LogP contribution in [0.25, 0.3) is 0 Å². The maximum Gasteiger partial charge on any atom is 0.273 e. The van der Waals surface area contributed by atoms with Crippen LogP contribution in [-0.4, -0.2) is 26.0 Å². The Hall–Kier alpha value is -0.960. The van der Waals surface area contributed by atoms with Crippen LogP contribution in [0.4, 0.5) is 5.13 Å². The summed E-state index contributed by atoms with van der Waals surface area (Å²) in [4.78, 5) is 5.17. The maximum absolute atomic E-state index is 12.3. The number of nitrogens with zero attached hydrogens (tertiary/aromatic N) is 1. The summed E-state index contributed by atoms with van der Waals surface area (Å²) in [5.41, 5.74) is 0.810. The van der Waals surface area contributed by atoms with Crippen molar-refractivity contribution in [3.05, 3.63) is 28.1 Å². The highest BCUT2D eigenvalue weighted by Gasteiger charge is 2.18. The Morgan fingerprint density at radius 1 is 1.33 bits per heavy atom. The molecule has 2 heterocycles. The van der Waals surface area contributed by atoms with Crippen LogP contribution in [0.3, 0.4) is 0 Å². The minimum Gasteiger partial charge on any atom is -0.314 e. The van der Waals surface area contributed by atoms with Crippen molar-refractivity contribution in [1.29, 1.82) is 0 Å². The second-order valence-electron chi connectivity index (χ2n) is 4.98. The highest BCUT2D eigenvalue weighted by atomic mass is 32.2. The molecular formula is C13H19N3O2S3. The molecule has 21 heavy (non-hydrogen) atoms. The average molecular weight is 346 g/mol. The minimum atomic E-state index is -3.52. The van der Waals surface area contributed by atoms with Crippen molar-refractivity contribution in [2.45, 2.75) is 37.4 Å². The lowest BCUT2D eigenvalue weighted by Crippen LogP contribution is -2.24. The van der Waals surface area contributed by atoms with Crippen LogP contribution in [-0.2, 0) is 16.4 Å². The first-order chi connectivity index (χ1) is 9.87. The molecule has 2 rings (SSSR count). The summed E-state index contributed by atoms with van der Waals surface area (Å²) in [6, 6.07) is 3.95. The van der Waals surface area contributed by atoms with Gasteiger partial charge in [-0.25, -0.2) is 13.4 Å². The molecule has 0 aliphatic rings. The van der Waals surface area contributed by atoms with E-state index in [1.165, 1.54) is 22.7 Å². The van der Waals surface area contributed by atoms with Gasteiger partial charge >= 0.3 is 0 Å². The molecule has 0 fully saturated rings. The molecule has 2 aromatic rings. The molecule has 0 saturated heterocycles. The van der Waals surface area contributed by atoms with Crippen LogP contribution >= 0.6 is 22.7 Å². The lowest BCUT2D eigenvalue weighted by atomic mass is 10.3. The van der Waals surface area contributed by atoms with Gasteiger partial charge in [-0.1, -0.05) is 13.8 Å². The predicted molar refractivity (Wildman–Crippen MR) is 88.8 cm³/mol. The molecule has 5 nitrogen and oxygen atoms in total. The fourth-order valence-corrected chi connectivity index (χ4v) is 4.98. The van der Waals surface area contributed by atoms with Crippen LogP contribution in [0.15, 0.2) is 21.7 Å². The second kappa shape index (κ2) is 6.87. The summed E-state index contributed by atoms with van der Waals surface area (Å²) < 4.78 is 27.4. The molecule has 0 unspecified atom stereocenters. The fourth-order valence-electron chi connectivity index (χ4n) is 1.69. The molecular weight excluding hydrogens is 326 g/mol. The highest BCUT2D eigenvalue weighted by Crippen LogP contribution is 2.25. The zero-order valence-corrected chi connectivity index (χ0v) is 14.7. The van der Waals surface area contributed by atoms with Gasteiger partial charge in [-0.3, -0.25) is 4.72 Å². The van der Waals surface area contributed by atoms with E-state index in [1.54, 1.807) is 6.07 Å². The van der Waals surface area contributed by atoms with Crippen molar-refractivity contribution in [3.63, 3.8) is 0 Å². The molecule has 0 aliphatic carbocycles. The van der Waals surface area contributed by atoms with E-state index in [9.17, 15) is 8.42 Å². The first kappa shape index (κ1) is 16.4. The number of thiazole rings is 1. The first-order valence-electron chi connectivity index (χ1n) is 6.64. The third-order valence-electron chi connectivity index (χ3n) is 2.67. The molecule has 0 spiro atoms. The van der Waals surface area contributed by atoms with E-state index in [2.05, 4.69) is 28.9 Å². The normalized spacial score (nSPS) is 12.0. The van der Waals surface area contributed by atoms with E-state index in [-0.39, 0.29) is 0 Å². The quantitative estimate of drug-likeness (QED) is 0.809. The van der Waals surface area contributed by atoms with Gasteiger partial charge in [-0.2, -0.15) is 0 Å². The summed E-state index contributed by atoms with van der Waals surface area (Å²) in [6.07, 6.45) is 0.828. The van der Waals surface area contributed by atoms with E-state index < -0.39 is 10.0 Å². The third kappa shape index (κ3) is 4.77. The van der Waals surface area contributed by atoms with Crippen LogP contribution < -0.4 is 10.0 Å². The van der Waals surface area contributed by atoms with Crippen molar-refractivity contribution < 1.29 is 8.42 Å². The molecule has 2 N–H and O–H groups in total. The lowest BCUT2D eigenvalue weighted by molar-refractivity contribution is 0.592. The summed E-state index contributed by atoms with van der Waals surface area (Å²) in [5.74, 6) is 0. The van der Waals surface area contributed by atoms with Gasteiger partial charge in [0.25, 0.3) is 10.0 Å². The van der Waals surface area contributed by atoms with Crippen LogP contribution in [0.1, 0.15) is 24.4 Å². The first-order valence-corrected chi connectivity index (χ1v) is 9.82. The molecule has 0 bridgehead atoms. The van der Waals surface area contributed by atoms with Crippen molar-refractivity contribution in [2.75, 3.05) is 11.3 Å². The molecule has 0 amide bonds. The Balaban J connectivity index is 2.02. The number of anilines is 1. The van der Waals surface area contributed by atoms with Gasteiger partial charge in [0.1, 0.15) is 4.21 Å². The molecule has 0 aliphatic heterocycles. The van der Waals surface area contributed by atoms with E-state index in [0.717, 1.165) is 23.5 Å². The molecule has 2 aromatic heterocycles. The zero-order valence-electron chi connectivity index (χ0n) is 12.2. The maximum atomic E-state index is 12.3. The van der Waals surface area contributed by atoms with Crippen LogP contribution in [0, 0.1) is 6.92 Å². The Labute approximate surface area is 133 Å². The standard InChI is InChI=1S/C13H19N3O2S3/c1-9(2)14-7-6-11-4-5-12(20-11)21(17,18)16-13-15-10(3)8-19-13/h4-5,8-9,14H,6-7H2,1-3H3,(H,15,16). The van der Waals surface area contributed by atoms with E-state index in [1.807, 2.05) is 18.4 Å². The number of aromatic nitrogens is 1. The topological polar surface area (TPSA) is 71.1 Å². The van der Waals surface area contributed by atoms with Gasteiger partial charge in [0.05, 0.1) is 5.69 Å². The zero-order chi connectivity index (χ0) is 15.5. The third-order valence-corrected chi connectivity index (χ3v) is 6.65. The van der Waals surface area contributed by atoms with E-state index in [0.29, 0.717) is 15.4 Å². The van der Waals surface area contributed by atoms with Crippen molar-refractivity contribution >= 4 is 37.8 Å². The Kier molecular flexibility index (Phi) is 5.37. The Morgan fingerprint density at radius 3 is 2.71 bits per heavy atom. The second-order valence-corrected chi connectivity index (χ2v) is 8.91. The minimum absolute atomic E-state index is 0.329. The SMILES string of the molecule is Cc1csc(NS(=O)(=O)c2ccc(CCNC(C)C)s2)n1. The number of rotatable bonds is 7. The number of sulfonamides is 1. The monoisotopic (exact) mass is 345 g/mol. The molecule has 0 aromatic carbocycles. The summed E-state index contributed by atoms with van der Waals surface area (Å²) in [6.45, 7) is 6.85. The molecule has 8 heteroatoms. The molecule has 0 radical (unpaired) electrons. The number of aryl methyl sites for hydroxylation is 1. The fraction of sp³-hybridized carbons (Fsp3) is 0.462. The number of nitrogens with one attached hydrogen (secondary N) is 2. The lowest BCUT2D eigenvalue weighted by Gasteiger charge is -2.06. The van der Waals surface area contributed by atoms with Crippen molar-refractivity contribution in [1.82, 2.24) is 10.3 Å². The highest BCUT2D eigenvalue weighted by molar-refractivity contribution is 7.94. The summed E-state index contributed by atoms with van der Waals surface area (Å²) in [7, 11) is -3.52. The van der Waals surface area contributed by atoms with Gasteiger partial charge in [-0.15, -0.1) is 22.7 Å². The average Bonchev–Trinajstić information content (AvgIpc) is 2.98. The summed E-state index contributed by atoms with van der Waals surface area (Å²) in [5, 5.41) is 5.54. The van der Waals surface area contributed by atoms with Crippen LogP contribution in [0.2, 0.25) is 0 Å². The largest absolute Gasteiger partial charge is 0.314 e. The van der Waals surface area contributed by atoms with Crippen molar-refractivity contribution in [3.8, 4) is 0 Å².